The maximum Gasteiger partial charge on any atom is 0.164 e. The number of rotatable bonds is 2. The summed E-state index contributed by atoms with van der Waals surface area (Å²) < 4.78 is 0. The normalized spacial score (nSPS) is 46.1. The molecule has 0 bridgehead atoms. The second-order valence-electron chi connectivity index (χ2n) is 7.37. The van der Waals surface area contributed by atoms with Crippen molar-refractivity contribution in [3.63, 3.8) is 0 Å². The summed E-state index contributed by atoms with van der Waals surface area (Å²) in [7, 11) is 0. The van der Waals surface area contributed by atoms with Gasteiger partial charge in [0.1, 0.15) is 5.60 Å². The van der Waals surface area contributed by atoms with Crippen LogP contribution in [0.1, 0.15) is 46.5 Å². The third-order valence-electron chi connectivity index (χ3n) is 5.60. The second-order valence-corrected chi connectivity index (χ2v) is 7.37. The molecule has 0 radical (unpaired) electrons. The first kappa shape index (κ1) is 15.9. The molecule has 0 unspecified atom stereocenters. The van der Waals surface area contributed by atoms with Crippen molar-refractivity contribution in [2.24, 2.45) is 17.8 Å². The molecular weight excluding hydrogens is 260 g/mol. The number of hydrogen-bond acceptors (Lipinski definition) is 5. The summed E-state index contributed by atoms with van der Waals surface area (Å²) >= 11 is 0. The van der Waals surface area contributed by atoms with Gasteiger partial charge in [-0.3, -0.25) is 4.79 Å². The van der Waals surface area contributed by atoms with Gasteiger partial charge in [0.2, 0.25) is 0 Å². The van der Waals surface area contributed by atoms with Gasteiger partial charge in [0.15, 0.2) is 5.78 Å². The minimum absolute atomic E-state index is 0.0906. The predicted octanol–water partition coefficient (Wildman–Crippen LogP) is 0.237. The molecule has 0 saturated heterocycles. The number of aliphatic hydroxyl groups excluding tert-OH is 1. The molecule has 2 fully saturated rings. The van der Waals surface area contributed by atoms with E-state index in [4.69, 9.17) is 0 Å². The summed E-state index contributed by atoms with van der Waals surface area (Å²) in [6, 6.07) is 0. The molecule has 2 rings (SSSR count). The first-order chi connectivity index (χ1) is 9.02. The molecule has 0 amide bonds. The first-order valence-corrected chi connectivity index (χ1v) is 7.33. The van der Waals surface area contributed by atoms with Crippen LogP contribution in [0.15, 0.2) is 0 Å². The van der Waals surface area contributed by atoms with Crippen molar-refractivity contribution in [3.8, 4) is 0 Å². The molecule has 0 aromatic carbocycles. The van der Waals surface area contributed by atoms with Crippen molar-refractivity contribution in [3.05, 3.63) is 0 Å². The van der Waals surface area contributed by atoms with Gasteiger partial charge in [-0.15, -0.1) is 0 Å². The molecule has 5 nitrogen and oxygen atoms in total. The first-order valence-electron chi connectivity index (χ1n) is 7.33. The van der Waals surface area contributed by atoms with Crippen molar-refractivity contribution < 1.29 is 25.2 Å². The molecule has 2 aliphatic rings. The molecule has 0 spiro atoms. The zero-order valence-corrected chi connectivity index (χ0v) is 12.5. The summed E-state index contributed by atoms with van der Waals surface area (Å²) in [5.74, 6) is -1.27. The van der Waals surface area contributed by atoms with E-state index in [0.29, 0.717) is 19.3 Å². The smallest absolute Gasteiger partial charge is 0.164 e. The quantitative estimate of drug-likeness (QED) is 0.583. The van der Waals surface area contributed by atoms with E-state index >= 15 is 0 Å². The van der Waals surface area contributed by atoms with Crippen LogP contribution < -0.4 is 0 Å². The summed E-state index contributed by atoms with van der Waals surface area (Å²) in [5, 5.41) is 41.0. The van der Waals surface area contributed by atoms with Crippen LogP contribution in [0.25, 0.3) is 0 Å². The van der Waals surface area contributed by atoms with Crippen LogP contribution in [0.2, 0.25) is 0 Å². The Balaban J connectivity index is 2.39. The topological polar surface area (TPSA) is 98.0 Å². The van der Waals surface area contributed by atoms with Crippen molar-refractivity contribution in [1.29, 1.82) is 0 Å². The summed E-state index contributed by atoms with van der Waals surface area (Å²) in [6.07, 6.45) is 1.48. The fourth-order valence-electron chi connectivity index (χ4n) is 3.98. The molecule has 20 heavy (non-hydrogen) atoms. The van der Waals surface area contributed by atoms with E-state index in [9.17, 15) is 25.2 Å². The summed E-state index contributed by atoms with van der Waals surface area (Å²) in [5.41, 5.74) is -3.77. The zero-order chi connectivity index (χ0) is 15.3. The van der Waals surface area contributed by atoms with Crippen LogP contribution in [-0.4, -0.2) is 49.6 Å². The third kappa shape index (κ3) is 2.41. The number of hydrogen-bond donors (Lipinski definition) is 4. The lowest BCUT2D eigenvalue weighted by atomic mass is 9.74. The van der Waals surface area contributed by atoms with Gasteiger partial charge >= 0.3 is 0 Å². The van der Waals surface area contributed by atoms with Crippen LogP contribution in [0.4, 0.5) is 0 Å². The molecule has 116 valence electrons. The van der Waals surface area contributed by atoms with Crippen LogP contribution in [0.3, 0.4) is 0 Å². The molecule has 2 aliphatic carbocycles. The molecule has 4 N–H and O–H groups in total. The Kier molecular flexibility index (Phi) is 3.79. The molecule has 0 aliphatic heterocycles. The number of ketones is 1. The van der Waals surface area contributed by atoms with Crippen LogP contribution >= 0.6 is 0 Å². The van der Waals surface area contributed by atoms with Gasteiger partial charge in [-0.1, -0.05) is 0 Å². The molecule has 2 saturated carbocycles. The van der Waals surface area contributed by atoms with E-state index < -0.39 is 35.2 Å². The number of carbonyl (C=O) groups excluding carboxylic acids is 1. The molecular formula is C15H26O5. The highest BCUT2D eigenvalue weighted by Crippen LogP contribution is 2.51. The van der Waals surface area contributed by atoms with Gasteiger partial charge in [0, 0.05) is 18.3 Å². The molecule has 5 atom stereocenters. The molecule has 0 aromatic heterocycles. The average molecular weight is 286 g/mol. The highest BCUT2D eigenvalue weighted by atomic mass is 16.3. The number of Topliss-reactive ketones (excluding diaryl/α,β-unsaturated/α-hetero) is 1. The largest absolute Gasteiger partial charge is 0.393 e. The second kappa shape index (κ2) is 4.77. The van der Waals surface area contributed by atoms with Crippen molar-refractivity contribution in [1.82, 2.24) is 0 Å². The number of fused-ring (bicyclic) bond motifs is 1. The molecule has 0 heterocycles. The molecule has 0 aromatic rings. The third-order valence-corrected chi connectivity index (χ3v) is 5.60. The zero-order valence-electron chi connectivity index (χ0n) is 12.5. The van der Waals surface area contributed by atoms with Crippen molar-refractivity contribution in [2.75, 3.05) is 6.61 Å². The minimum Gasteiger partial charge on any atom is -0.393 e. The van der Waals surface area contributed by atoms with E-state index in [2.05, 4.69) is 0 Å². The molecule has 5 heteroatoms. The monoisotopic (exact) mass is 286 g/mol. The Hall–Kier alpha value is -0.490. The van der Waals surface area contributed by atoms with Crippen molar-refractivity contribution in [2.45, 2.75) is 63.3 Å². The van der Waals surface area contributed by atoms with Crippen LogP contribution in [0, 0.1) is 17.8 Å². The lowest BCUT2D eigenvalue weighted by molar-refractivity contribution is -0.136. The van der Waals surface area contributed by atoms with E-state index in [1.807, 2.05) is 0 Å². The van der Waals surface area contributed by atoms with E-state index in [1.165, 1.54) is 6.92 Å². The highest BCUT2D eigenvalue weighted by molar-refractivity contribution is 5.89. The Bertz CT molecular complexity index is 398. The predicted molar refractivity (Wildman–Crippen MR) is 72.9 cm³/mol. The number of aliphatic hydroxyl groups is 4. The number of carbonyl (C=O) groups is 1. The summed E-state index contributed by atoms with van der Waals surface area (Å²) in [6.45, 7) is 4.49. The maximum atomic E-state index is 12.0. The van der Waals surface area contributed by atoms with Crippen LogP contribution in [0.5, 0.6) is 0 Å². The lowest BCUT2D eigenvalue weighted by Gasteiger charge is -2.36. The standard InChI is InChI=1S/C15H26O5/c1-13(2,18)9-4-5-15(20,8-16)11-7-12(17)14(3,19)10(11)6-9/h9-11,16,18-20H,4-8H2,1-3H3/t9-,10-,11+,14+,15-/m1/s1. The van der Waals surface area contributed by atoms with Gasteiger partial charge < -0.3 is 20.4 Å². The van der Waals surface area contributed by atoms with E-state index in [0.717, 1.165) is 0 Å². The van der Waals surface area contributed by atoms with Crippen molar-refractivity contribution >= 4 is 5.78 Å². The Morgan fingerprint density at radius 1 is 1.30 bits per heavy atom. The average Bonchev–Trinajstić information content (AvgIpc) is 2.48. The Labute approximate surface area is 119 Å². The fourth-order valence-corrected chi connectivity index (χ4v) is 3.98. The van der Waals surface area contributed by atoms with Gasteiger partial charge in [-0.05, 0) is 46.0 Å². The van der Waals surface area contributed by atoms with Crippen LogP contribution in [-0.2, 0) is 4.79 Å². The van der Waals surface area contributed by atoms with Gasteiger partial charge in [-0.25, -0.2) is 0 Å². The minimum atomic E-state index is -1.48. The fraction of sp³-hybridized carbons (Fsp3) is 0.933. The van der Waals surface area contributed by atoms with Gasteiger partial charge in [-0.2, -0.15) is 0 Å². The Morgan fingerprint density at radius 2 is 1.90 bits per heavy atom. The van der Waals surface area contributed by atoms with Gasteiger partial charge in [0.05, 0.1) is 17.8 Å². The maximum absolute atomic E-state index is 12.0. The Morgan fingerprint density at radius 3 is 2.40 bits per heavy atom. The lowest BCUT2D eigenvalue weighted by Crippen LogP contribution is -2.46. The van der Waals surface area contributed by atoms with E-state index in [-0.39, 0.29) is 18.1 Å². The van der Waals surface area contributed by atoms with Gasteiger partial charge in [0.25, 0.3) is 0 Å². The summed E-state index contributed by atoms with van der Waals surface area (Å²) in [4.78, 5) is 12.0. The van der Waals surface area contributed by atoms with E-state index in [1.54, 1.807) is 13.8 Å². The highest BCUT2D eigenvalue weighted by Gasteiger charge is 2.59. The SMILES string of the molecule is CC(C)(O)[C@@H]1CC[C@@](O)(CO)[C@H]2CC(=O)[C@@](C)(O)[C@@H]2C1.